The first kappa shape index (κ1) is 13.2. The zero-order chi connectivity index (χ0) is 14.8. The molecule has 21 heavy (non-hydrogen) atoms. The van der Waals surface area contributed by atoms with Crippen LogP contribution in [0.25, 0.3) is 0 Å². The number of hydrogen-bond donors (Lipinski definition) is 3. The largest absolute Gasteiger partial charge is 0.482 e. The SMILES string of the molecule is Cc1cccnc1CNc1cc2c(cc1N)OCC(=O)N2. The Balaban J connectivity index is 1.81. The predicted octanol–water partition coefficient (Wildman–Crippen LogP) is 1.92. The van der Waals surface area contributed by atoms with Crippen molar-refractivity contribution in [2.45, 2.75) is 13.5 Å². The van der Waals surface area contributed by atoms with Crippen molar-refractivity contribution < 1.29 is 9.53 Å². The fourth-order valence-corrected chi connectivity index (χ4v) is 2.18. The molecule has 6 heteroatoms. The summed E-state index contributed by atoms with van der Waals surface area (Å²) in [5, 5.41) is 6.00. The Morgan fingerprint density at radius 3 is 3.14 bits per heavy atom. The van der Waals surface area contributed by atoms with Crippen molar-refractivity contribution in [3.8, 4) is 5.75 Å². The fraction of sp³-hybridized carbons (Fsp3) is 0.200. The van der Waals surface area contributed by atoms with Crippen LogP contribution in [0.4, 0.5) is 17.1 Å². The van der Waals surface area contributed by atoms with E-state index in [2.05, 4.69) is 15.6 Å². The number of nitrogen functional groups attached to an aromatic ring is 1. The van der Waals surface area contributed by atoms with Crippen molar-refractivity contribution >= 4 is 23.0 Å². The van der Waals surface area contributed by atoms with Gasteiger partial charge in [0.05, 0.1) is 29.3 Å². The molecule has 0 unspecified atom stereocenters. The Morgan fingerprint density at radius 1 is 1.48 bits per heavy atom. The number of nitrogens with one attached hydrogen (secondary N) is 2. The van der Waals surface area contributed by atoms with E-state index in [1.165, 1.54) is 0 Å². The van der Waals surface area contributed by atoms with Crippen molar-refractivity contribution in [1.29, 1.82) is 0 Å². The van der Waals surface area contributed by atoms with E-state index < -0.39 is 0 Å². The summed E-state index contributed by atoms with van der Waals surface area (Å²) in [6.45, 7) is 2.59. The van der Waals surface area contributed by atoms with Crippen LogP contribution >= 0.6 is 0 Å². The number of anilines is 3. The Kier molecular flexibility index (Phi) is 3.35. The molecule has 4 N–H and O–H groups in total. The molecular formula is C15H16N4O2. The van der Waals surface area contributed by atoms with E-state index in [1.54, 1.807) is 18.3 Å². The third-order valence-electron chi connectivity index (χ3n) is 3.35. The number of benzene rings is 1. The molecule has 0 spiro atoms. The molecule has 0 atom stereocenters. The molecule has 0 saturated heterocycles. The summed E-state index contributed by atoms with van der Waals surface area (Å²) in [6.07, 6.45) is 1.76. The Hall–Kier alpha value is -2.76. The zero-order valence-electron chi connectivity index (χ0n) is 11.6. The number of amides is 1. The van der Waals surface area contributed by atoms with Crippen molar-refractivity contribution in [3.63, 3.8) is 0 Å². The third-order valence-corrected chi connectivity index (χ3v) is 3.35. The van der Waals surface area contributed by atoms with Crippen LogP contribution in [0.3, 0.4) is 0 Å². The second kappa shape index (κ2) is 5.32. The van der Waals surface area contributed by atoms with Crippen LogP contribution in [0, 0.1) is 6.92 Å². The number of pyridine rings is 1. The molecule has 0 aliphatic carbocycles. The standard InChI is InChI=1S/C15H16N4O2/c1-9-3-2-4-17-13(9)7-18-11-6-12-14(5-10(11)16)21-8-15(20)19-12/h2-6,18H,7-8,16H2,1H3,(H,19,20). The summed E-state index contributed by atoms with van der Waals surface area (Å²) < 4.78 is 5.32. The number of carbonyl (C=O) groups excluding carboxylic acids is 1. The van der Waals surface area contributed by atoms with Crippen LogP contribution in [-0.4, -0.2) is 17.5 Å². The quantitative estimate of drug-likeness (QED) is 0.749. The number of nitrogens with zero attached hydrogens (tertiary/aromatic N) is 1. The number of aromatic nitrogens is 1. The highest BCUT2D eigenvalue weighted by molar-refractivity contribution is 5.97. The molecule has 2 aromatic rings. The topological polar surface area (TPSA) is 89.3 Å². The molecule has 1 aliphatic heterocycles. The molecule has 2 heterocycles. The number of hydrogen-bond acceptors (Lipinski definition) is 5. The van der Waals surface area contributed by atoms with Crippen LogP contribution in [0.1, 0.15) is 11.3 Å². The number of carbonyl (C=O) groups is 1. The lowest BCUT2D eigenvalue weighted by atomic mass is 10.2. The molecule has 108 valence electrons. The highest BCUT2D eigenvalue weighted by atomic mass is 16.5. The maximum atomic E-state index is 11.3. The van der Waals surface area contributed by atoms with Crippen molar-refractivity contribution in [2.24, 2.45) is 0 Å². The zero-order valence-corrected chi connectivity index (χ0v) is 11.6. The molecule has 0 bridgehead atoms. The summed E-state index contributed by atoms with van der Waals surface area (Å²) in [7, 11) is 0. The van der Waals surface area contributed by atoms with E-state index in [1.807, 2.05) is 19.1 Å². The maximum Gasteiger partial charge on any atom is 0.262 e. The Bertz CT molecular complexity index is 700. The Morgan fingerprint density at radius 2 is 2.33 bits per heavy atom. The van der Waals surface area contributed by atoms with E-state index >= 15 is 0 Å². The first-order valence-electron chi connectivity index (χ1n) is 6.64. The normalized spacial score (nSPS) is 13.1. The van der Waals surface area contributed by atoms with Gasteiger partial charge in [0.1, 0.15) is 5.75 Å². The van der Waals surface area contributed by atoms with Gasteiger partial charge in [-0.05, 0) is 24.6 Å². The lowest BCUT2D eigenvalue weighted by Gasteiger charge is -2.20. The molecule has 3 rings (SSSR count). The minimum atomic E-state index is -0.168. The van der Waals surface area contributed by atoms with Gasteiger partial charge < -0.3 is 21.1 Å². The molecule has 1 aliphatic rings. The first-order chi connectivity index (χ1) is 10.1. The summed E-state index contributed by atoms with van der Waals surface area (Å²) >= 11 is 0. The average molecular weight is 284 g/mol. The molecule has 1 amide bonds. The number of nitrogens with two attached hydrogens (primary N) is 1. The highest BCUT2D eigenvalue weighted by Crippen LogP contribution is 2.35. The van der Waals surface area contributed by atoms with Gasteiger partial charge in [0, 0.05) is 12.3 Å². The van der Waals surface area contributed by atoms with Crippen molar-refractivity contribution in [2.75, 3.05) is 23.0 Å². The number of rotatable bonds is 3. The summed E-state index contributed by atoms with van der Waals surface area (Å²) in [5.41, 5.74) is 10.0. The van der Waals surface area contributed by atoms with Gasteiger partial charge in [-0.2, -0.15) is 0 Å². The smallest absolute Gasteiger partial charge is 0.262 e. The van der Waals surface area contributed by atoms with Crippen LogP contribution < -0.4 is 21.1 Å². The van der Waals surface area contributed by atoms with Gasteiger partial charge in [-0.1, -0.05) is 6.07 Å². The van der Waals surface area contributed by atoms with E-state index in [-0.39, 0.29) is 12.5 Å². The van der Waals surface area contributed by atoms with Crippen LogP contribution in [0.2, 0.25) is 0 Å². The monoisotopic (exact) mass is 284 g/mol. The Labute approximate surface area is 122 Å². The fourth-order valence-electron chi connectivity index (χ4n) is 2.18. The van der Waals surface area contributed by atoms with Gasteiger partial charge in [0.2, 0.25) is 0 Å². The second-order valence-electron chi connectivity index (χ2n) is 4.89. The van der Waals surface area contributed by atoms with Gasteiger partial charge in [-0.25, -0.2) is 0 Å². The van der Waals surface area contributed by atoms with E-state index in [4.69, 9.17) is 10.5 Å². The molecule has 0 fully saturated rings. The molecule has 0 radical (unpaired) electrons. The van der Waals surface area contributed by atoms with Gasteiger partial charge in [0.25, 0.3) is 5.91 Å². The van der Waals surface area contributed by atoms with Crippen molar-refractivity contribution in [1.82, 2.24) is 4.98 Å². The van der Waals surface area contributed by atoms with E-state index in [9.17, 15) is 4.79 Å². The lowest BCUT2D eigenvalue weighted by Crippen LogP contribution is -2.25. The summed E-state index contributed by atoms with van der Waals surface area (Å²) in [4.78, 5) is 15.7. The van der Waals surface area contributed by atoms with Crippen molar-refractivity contribution in [3.05, 3.63) is 41.7 Å². The number of aryl methyl sites for hydroxylation is 1. The molecule has 1 aromatic heterocycles. The van der Waals surface area contributed by atoms with E-state index in [0.717, 1.165) is 16.9 Å². The first-order valence-corrected chi connectivity index (χ1v) is 6.64. The highest BCUT2D eigenvalue weighted by Gasteiger charge is 2.17. The molecular weight excluding hydrogens is 268 g/mol. The van der Waals surface area contributed by atoms with Gasteiger partial charge in [0.15, 0.2) is 6.61 Å². The molecule has 6 nitrogen and oxygen atoms in total. The van der Waals surface area contributed by atoms with Crippen LogP contribution in [0.5, 0.6) is 5.75 Å². The number of ether oxygens (including phenoxy) is 1. The molecule has 1 aromatic carbocycles. The van der Waals surface area contributed by atoms with Gasteiger partial charge >= 0.3 is 0 Å². The van der Waals surface area contributed by atoms with Gasteiger partial charge in [-0.3, -0.25) is 9.78 Å². The summed E-state index contributed by atoms with van der Waals surface area (Å²) in [5.74, 6) is 0.422. The molecule has 0 saturated carbocycles. The average Bonchev–Trinajstić information content (AvgIpc) is 2.47. The lowest BCUT2D eigenvalue weighted by molar-refractivity contribution is -0.118. The van der Waals surface area contributed by atoms with E-state index in [0.29, 0.717) is 23.7 Å². The van der Waals surface area contributed by atoms with Gasteiger partial charge in [-0.15, -0.1) is 0 Å². The second-order valence-corrected chi connectivity index (χ2v) is 4.89. The maximum absolute atomic E-state index is 11.3. The van der Waals surface area contributed by atoms with Crippen LogP contribution in [0.15, 0.2) is 30.5 Å². The van der Waals surface area contributed by atoms with Crippen LogP contribution in [-0.2, 0) is 11.3 Å². The predicted molar refractivity (Wildman–Crippen MR) is 81.3 cm³/mol. The number of fused-ring (bicyclic) bond motifs is 1. The summed E-state index contributed by atoms with van der Waals surface area (Å²) in [6, 6.07) is 7.40. The minimum Gasteiger partial charge on any atom is -0.482 e. The third kappa shape index (κ3) is 2.74. The minimum absolute atomic E-state index is 0.0202.